The lowest BCUT2D eigenvalue weighted by molar-refractivity contribution is 0.114. The molecule has 0 saturated heterocycles. The zero-order chi connectivity index (χ0) is 12.4. The van der Waals surface area contributed by atoms with Crippen molar-refractivity contribution in [3.05, 3.63) is 23.8 Å². The van der Waals surface area contributed by atoms with Gasteiger partial charge in [-0.05, 0) is 31.9 Å². The predicted molar refractivity (Wildman–Crippen MR) is 60.0 cm³/mol. The summed E-state index contributed by atoms with van der Waals surface area (Å²) in [5, 5.41) is 1.61. The van der Waals surface area contributed by atoms with Gasteiger partial charge in [0.25, 0.3) is 0 Å². The van der Waals surface area contributed by atoms with Crippen LogP contribution < -0.4 is 9.80 Å². The molecule has 0 aliphatic heterocycles. The molecule has 0 bridgehead atoms. The molecule has 0 amide bonds. The second-order valence-electron chi connectivity index (χ2n) is 3.89. The van der Waals surface area contributed by atoms with Crippen molar-refractivity contribution in [2.45, 2.75) is 25.8 Å². The molecule has 1 aliphatic carbocycles. The number of halogens is 2. The van der Waals surface area contributed by atoms with Crippen LogP contribution in [-0.4, -0.2) is 19.8 Å². The SMILES string of the molecule is CCON(c1ccc(F)c(F)c1OC)C1CC1. The number of benzene rings is 1. The molecular formula is C12H15F2NO2. The van der Waals surface area contributed by atoms with Gasteiger partial charge in [-0.3, -0.25) is 4.84 Å². The van der Waals surface area contributed by atoms with Crippen LogP contribution in [0.25, 0.3) is 0 Å². The number of ether oxygens (including phenoxy) is 1. The molecule has 1 aromatic rings. The van der Waals surface area contributed by atoms with E-state index in [1.54, 1.807) is 5.06 Å². The summed E-state index contributed by atoms with van der Waals surface area (Å²) in [6.45, 7) is 2.32. The summed E-state index contributed by atoms with van der Waals surface area (Å²) in [4.78, 5) is 5.45. The Morgan fingerprint density at radius 1 is 1.35 bits per heavy atom. The summed E-state index contributed by atoms with van der Waals surface area (Å²) in [6.07, 6.45) is 1.98. The molecule has 17 heavy (non-hydrogen) atoms. The number of rotatable bonds is 5. The summed E-state index contributed by atoms with van der Waals surface area (Å²) in [6, 6.07) is 2.79. The van der Waals surface area contributed by atoms with Crippen molar-refractivity contribution in [3.8, 4) is 5.75 Å². The average molecular weight is 243 g/mol. The fraction of sp³-hybridized carbons (Fsp3) is 0.500. The lowest BCUT2D eigenvalue weighted by atomic mass is 10.2. The van der Waals surface area contributed by atoms with E-state index in [-0.39, 0.29) is 11.8 Å². The molecule has 0 radical (unpaired) electrons. The minimum Gasteiger partial charge on any atom is -0.491 e. The normalized spacial score (nSPS) is 14.8. The van der Waals surface area contributed by atoms with Crippen LogP contribution >= 0.6 is 0 Å². The van der Waals surface area contributed by atoms with Crippen LogP contribution in [0.1, 0.15) is 19.8 Å². The Hall–Kier alpha value is -1.36. The number of anilines is 1. The molecule has 0 unspecified atom stereocenters. The largest absolute Gasteiger partial charge is 0.491 e. The summed E-state index contributed by atoms with van der Waals surface area (Å²) in [5.74, 6) is -2.00. The number of hydroxylamine groups is 1. The van der Waals surface area contributed by atoms with E-state index in [4.69, 9.17) is 9.57 Å². The smallest absolute Gasteiger partial charge is 0.202 e. The third-order valence-electron chi connectivity index (χ3n) is 2.62. The second kappa shape index (κ2) is 4.87. The van der Waals surface area contributed by atoms with Crippen molar-refractivity contribution in [3.63, 3.8) is 0 Å². The highest BCUT2D eigenvalue weighted by molar-refractivity contribution is 5.59. The van der Waals surface area contributed by atoms with Gasteiger partial charge >= 0.3 is 0 Å². The molecule has 1 saturated carbocycles. The molecule has 3 nitrogen and oxygen atoms in total. The van der Waals surface area contributed by atoms with Crippen LogP contribution in [0.15, 0.2) is 12.1 Å². The van der Waals surface area contributed by atoms with Crippen molar-refractivity contribution in [1.29, 1.82) is 0 Å². The molecule has 1 aromatic carbocycles. The van der Waals surface area contributed by atoms with E-state index >= 15 is 0 Å². The third-order valence-corrected chi connectivity index (χ3v) is 2.62. The van der Waals surface area contributed by atoms with Crippen LogP contribution in [0.4, 0.5) is 14.5 Å². The van der Waals surface area contributed by atoms with Gasteiger partial charge in [-0.15, -0.1) is 0 Å². The minimum absolute atomic E-state index is 0.106. The number of hydrogen-bond donors (Lipinski definition) is 0. The fourth-order valence-electron chi connectivity index (χ4n) is 1.71. The van der Waals surface area contributed by atoms with E-state index in [1.807, 2.05) is 6.92 Å². The quantitative estimate of drug-likeness (QED) is 0.742. The van der Waals surface area contributed by atoms with Gasteiger partial charge in [0.1, 0.15) is 5.69 Å². The molecule has 0 atom stereocenters. The van der Waals surface area contributed by atoms with E-state index < -0.39 is 11.6 Å². The first-order chi connectivity index (χ1) is 8.19. The van der Waals surface area contributed by atoms with Gasteiger partial charge in [-0.25, -0.2) is 9.45 Å². The molecule has 1 aliphatic rings. The Labute approximate surface area is 98.9 Å². The van der Waals surface area contributed by atoms with E-state index in [1.165, 1.54) is 13.2 Å². The van der Waals surface area contributed by atoms with Gasteiger partial charge in [-0.1, -0.05) is 0 Å². The Kier molecular flexibility index (Phi) is 3.47. The highest BCUT2D eigenvalue weighted by Gasteiger charge is 2.33. The highest BCUT2D eigenvalue weighted by Crippen LogP contribution is 2.39. The Morgan fingerprint density at radius 3 is 2.59 bits per heavy atom. The van der Waals surface area contributed by atoms with E-state index in [0.717, 1.165) is 18.9 Å². The predicted octanol–water partition coefficient (Wildman–Crippen LogP) is 2.89. The van der Waals surface area contributed by atoms with Gasteiger partial charge in [0, 0.05) is 0 Å². The van der Waals surface area contributed by atoms with Gasteiger partial charge in [0.05, 0.1) is 19.8 Å². The summed E-state index contributed by atoms with van der Waals surface area (Å²) in [5.41, 5.74) is 0.441. The lowest BCUT2D eigenvalue weighted by Gasteiger charge is -2.25. The van der Waals surface area contributed by atoms with Crippen molar-refractivity contribution in [2.75, 3.05) is 18.8 Å². The summed E-state index contributed by atoms with van der Waals surface area (Å²) < 4.78 is 31.6. The van der Waals surface area contributed by atoms with Crippen molar-refractivity contribution >= 4 is 5.69 Å². The zero-order valence-electron chi connectivity index (χ0n) is 9.87. The lowest BCUT2D eigenvalue weighted by Crippen LogP contribution is -2.26. The minimum atomic E-state index is -0.977. The number of nitrogens with zero attached hydrogens (tertiary/aromatic N) is 1. The molecule has 0 aromatic heterocycles. The molecule has 1 fully saturated rings. The van der Waals surface area contributed by atoms with Crippen molar-refractivity contribution < 1.29 is 18.4 Å². The number of hydrogen-bond acceptors (Lipinski definition) is 3. The Morgan fingerprint density at radius 2 is 2.06 bits per heavy atom. The van der Waals surface area contributed by atoms with Crippen LogP contribution in [0.5, 0.6) is 5.75 Å². The Balaban J connectivity index is 2.38. The summed E-state index contributed by atoms with van der Waals surface area (Å²) >= 11 is 0. The second-order valence-corrected chi connectivity index (χ2v) is 3.89. The van der Waals surface area contributed by atoms with Gasteiger partial charge in [-0.2, -0.15) is 4.39 Å². The van der Waals surface area contributed by atoms with Gasteiger partial charge < -0.3 is 4.74 Å². The van der Waals surface area contributed by atoms with Crippen LogP contribution in [-0.2, 0) is 4.84 Å². The van der Waals surface area contributed by atoms with Crippen molar-refractivity contribution in [1.82, 2.24) is 0 Å². The zero-order valence-corrected chi connectivity index (χ0v) is 9.87. The average Bonchev–Trinajstić information content (AvgIpc) is 3.14. The standard InChI is InChI=1S/C12H15F2NO2/c1-3-17-15(8-4-5-8)10-7-6-9(13)11(14)12(10)16-2/h6-8H,3-5H2,1-2H3. The molecule has 0 spiro atoms. The summed E-state index contributed by atoms with van der Waals surface area (Å²) in [7, 11) is 1.32. The van der Waals surface area contributed by atoms with Gasteiger partial charge in [0.15, 0.2) is 11.6 Å². The molecule has 2 rings (SSSR count). The molecular weight excluding hydrogens is 228 g/mol. The fourth-order valence-corrected chi connectivity index (χ4v) is 1.71. The maximum absolute atomic E-state index is 13.6. The maximum atomic E-state index is 13.6. The monoisotopic (exact) mass is 243 g/mol. The van der Waals surface area contributed by atoms with E-state index in [2.05, 4.69) is 0 Å². The molecule has 0 heterocycles. The molecule has 94 valence electrons. The first-order valence-corrected chi connectivity index (χ1v) is 5.63. The van der Waals surface area contributed by atoms with Gasteiger partial charge in [0.2, 0.25) is 5.82 Å². The maximum Gasteiger partial charge on any atom is 0.202 e. The first-order valence-electron chi connectivity index (χ1n) is 5.63. The first kappa shape index (κ1) is 12.1. The molecule has 5 heteroatoms. The van der Waals surface area contributed by atoms with Crippen molar-refractivity contribution in [2.24, 2.45) is 0 Å². The van der Waals surface area contributed by atoms with Crippen LogP contribution in [0.3, 0.4) is 0 Å². The Bertz CT molecular complexity index is 408. The van der Waals surface area contributed by atoms with E-state index in [9.17, 15) is 8.78 Å². The topological polar surface area (TPSA) is 21.7 Å². The number of methoxy groups -OCH3 is 1. The van der Waals surface area contributed by atoms with Crippen LogP contribution in [0, 0.1) is 11.6 Å². The molecule has 0 N–H and O–H groups in total. The van der Waals surface area contributed by atoms with Crippen LogP contribution in [0.2, 0.25) is 0 Å². The third kappa shape index (κ3) is 2.34. The highest BCUT2D eigenvalue weighted by atomic mass is 19.2. The van der Waals surface area contributed by atoms with E-state index in [0.29, 0.717) is 12.3 Å².